The van der Waals surface area contributed by atoms with E-state index in [-0.39, 0.29) is 69.1 Å². The Morgan fingerprint density at radius 3 is 2.12 bits per heavy atom. The molecule has 1 aromatic heterocycles. The Balaban J connectivity index is 0.893. The quantitative estimate of drug-likeness (QED) is 0.101. The summed E-state index contributed by atoms with van der Waals surface area (Å²) in [6, 6.07) is 19.2. The third-order valence-corrected chi connectivity index (χ3v) is 14.6. The van der Waals surface area contributed by atoms with Crippen LogP contribution in [0.15, 0.2) is 83.7 Å². The number of amides is 8. The molecule has 8 amide bonds. The van der Waals surface area contributed by atoms with Crippen molar-refractivity contribution in [3.63, 3.8) is 0 Å². The molecule has 8 rings (SSSR count). The minimum absolute atomic E-state index is 0.0866. The van der Waals surface area contributed by atoms with Gasteiger partial charge in [-0.2, -0.15) is 0 Å². The molecule has 400 valence electrons. The molecule has 0 radical (unpaired) electrons. The number of hydrogen-bond donors (Lipinski definition) is 5. The number of benzene rings is 3. The number of nitrogens with zero attached hydrogens (tertiary/aromatic N) is 6. The third-order valence-electron chi connectivity index (χ3n) is 14.6. The lowest BCUT2D eigenvalue weighted by atomic mass is 9.98. The highest BCUT2D eigenvalue weighted by Crippen LogP contribution is 2.31. The highest BCUT2D eigenvalue weighted by atomic mass is 16.6. The van der Waals surface area contributed by atoms with Crippen LogP contribution in [0.3, 0.4) is 0 Å². The molecule has 75 heavy (non-hydrogen) atoms. The largest absolute Gasteiger partial charge is 0.444 e. The molecule has 6 N–H and O–H groups in total. The van der Waals surface area contributed by atoms with Crippen LogP contribution in [-0.4, -0.2) is 147 Å². The van der Waals surface area contributed by atoms with E-state index in [9.17, 15) is 43.2 Å². The number of fused-ring (bicyclic) bond motifs is 2. The van der Waals surface area contributed by atoms with E-state index >= 15 is 0 Å². The maximum Gasteiger partial charge on any atom is 0.408 e. The van der Waals surface area contributed by atoms with Gasteiger partial charge in [-0.3, -0.25) is 52.9 Å². The Labute approximate surface area is 435 Å². The minimum atomic E-state index is -1.25. The van der Waals surface area contributed by atoms with Gasteiger partial charge >= 0.3 is 11.8 Å². The summed E-state index contributed by atoms with van der Waals surface area (Å²) >= 11 is 0. The number of rotatable bonds is 16. The number of carbonyl (C=O) groups is 8. The predicted molar refractivity (Wildman–Crippen MR) is 278 cm³/mol. The molecule has 0 aliphatic carbocycles. The number of piperidine rings is 1. The molecule has 21 nitrogen and oxygen atoms in total. The van der Waals surface area contributed by atoms with Crippen molar-refractivity contribution >= 4 is 64.2 Å². The number of aromatic nitrogens is 2. The third kappa shape index (κ3) is 12.9. The number of ether oxygens (including phenoxy) is 1. The van der Waals surface area contributed by atoms with Gasteiger partial charge in [0.25, 0.3) is 0 Å². The summed E-state index contributed by atoms with van der Waals surface area (Å²) < 4.78 is 8.55. The molecule has 1 unspecified atom stereocenters. The van der Waals surface area contributed by atoms with Crippen molar-refractivity contribution in [3.8, 4) is 0 Å². The van der Waals surface area contributed by atoms with Crippen LogP contribution in [0.4, 0.5) is 10.5 Å². The Morgan fingerprint density at radius 2 is 1.48 bits per heavy atom. The standard InChI is InChI=1S/C54H69N11O10/c1-54(2,3)75-52(73)57-39-33-63(46(68)16-11-26-61-28-30-62(31-29-61)37-18-20-40-43(32-37)60(4)53(74)65(40)42-22-24-45(67)58-50(42)71)27-25-36-17-21-41(64(36)51(39)72)49(70)56-38(19-23-44(55)66)48(69)59-47(34-12-7-5-8-13-34)35-14-9-6-10-15-35/h5-10,12-15,18,20,32,36,38-39,41-42,47H,11,16-17,19,21-31,33H2,1-4H3,(H2,55,66)(H,56,70)(H,57,73)(H,59,69)(H,58,67,71)/t36-,38+,39+,41+,42?/m1/s1. The summed E-state index contributed by atoms with van der Waals surface area (Å²) in [5, 5.41) is 11.0. The second kappa shape index (κ2) is 23.3. The van der Waals surface area contributed by atoms with Gasteiger partial charge in [-0.25, -0.2) is 9.59 Å². The number of anilines is 1. The van der Waals surface area contributed by atoms with Crippen molar-refractivity contribution in [1.29, 1.82) is 0 Å². The highest BCUT2D eigenvalue weighted by Gasteiger charge is 2.46. The molecule has 4 fully saturated rings. The summed E-state index contributed by atoms with van der Waals surface area (Å²) in [4.78, 5) is 128. The number of alkyl carbamates (subject to hydrolysis) is 1. The molecular weight excluding hydrogens is 963 g/mol. The van der Waals surface area contributed by atoms with E-state index in [0.29, 0.717) is 49.9 Å². The Bertz CT molecular complexity index is 2800. The zero-order chi connectivity index (χ0) is 53.6. The van der Waals surface area contributed by atoms with Crippen molar-refractivity contribution in [3.05, 3.63) is 100 Å². The SMILES string of the molecule is Cn1c(=O)n(C2CCC(=O)NC2=O)c2ccc(N3CCN(CCCC(=O)N4CC[C@H]5CC[C@@H](C(=O)N[C@@H](CCC(N)=O)C(=O)NC(c6ccccc6)c6ccccc6)N5C(=O)[C@@H](NC(=O)OC(C)(C)C)C4)CC3)cc21. The van der Waals surface area contributed by atoms with Gasteiger partial charge in [0.15, 0.2) is 0 Å². The summed E-state index contributed by atoms with van der Waals surface area (Å²) in [5.41, 5.74) is 8.16. The van der Waals surface area contributed by atoms with Crippen molar-refractivity contribution in [1.82, 2.24) is 45.1 Å². The van der Waals surface area contributed by atoms with Crippen LogP contribution in [0, 0.1) is 0 Å². The van der Waals surface area contributed by atoms with Crippen LogP contribution in [0.25, 0.3) is 11.0 Å². The molecule has 3 aromatic carbocycles. The van der Waals surface area contributed by atoms with Crippen LogP contribution in [0.1, 0.15) is 102 Å². The topological polar surface area (TPSA) is 260 Å². The number of nitrogens with one attached hydrogen (secondary N) is 4. The summed E-state index contributed by atoms with van der Waals surface area (Å²) in [7, 11) is 1.67. The Hall–Kier alpha value is -7.55. The van der Waals surface area contributed by atoms with Crippen molar-refractivity contribution in [2.45, 2.75) is 120 Å². The number of piperazine rings is 1. The maximum absolute atomic E-state index is 14.7. The number of nitrogens with two attached hydrogens (primary N) is 1. The fourth-order valence-electron chi connectivity index (χ4n) is 10.8. The molecule has 21 heteroatoms. The van der Waals surface area contributed by atoms with Gasteiger partial charge in [0.2, 0.25) is 41.4 Å². The molecule has 4 aliphatic heterocycles. The molecule has 0 spiro atoms. The van der Waals surface area contributed by atoms with Crippen molar-refractivity contribution < 1.29 is 43.1 Å². The molecular formula is C54H69N11O10. The first kappa shape index (κ1) is 53.7. The number of hydrogen-bond acceptors (Lipinski definition) is 12. The molecule has 5 heterocycles. The van der Waals surface area contributed by atoms with Crippen LogP contribution in [0.2, 0.25) is 0 Å². The number of carbonyl (C=O) groups excluding carboxylic acids is 8. The lowest BCUT2D eigenvalue weighted by Gasteiger charge is -2.39. The van der Waals surface area contributed by atoms with Crippen LogP contribution < -0.4 is 37.6 Å². The fourth-order valence-corrected chi connectivity index (χ4v) is 10.8. The summed E-state index contributed by atoms with van der Waals surface area (Å²) in [6.45, 7) is 8.72. The first-order valence-electron chi connectivity index (χ1n) is 26.0. The maximum atomic E-state index is 14.7. The van der Waals surface area contributed by atoms with Gasteiger partial charge in [-0.1, -0.05) is 60.7 Å². The van der Waals surface area contributed by atoms with E-state index in [4.69, 9.17) is 10.5 Å². The van der Waals surface area contributed by atoms with Gasteiger partial charge in [0, 0.05) is 70.8 Å². The van der Waals surface area contributed by atoms with E-state index < -0.39 is 77.5 Å². The second-order valence-electron chi connectivity index (χ2n) is 20.9. The molecule has 4 saturated heterocycles. The number of imidazole rings is 1. The lowest BCUT2D eigenvalue weighted by molar-refractivity contribution is -0.146. The summed E-state index contributed by atoms with van der Waals surface area (Å²) in [5.74, 6) is -3.34. The van der Waals surface area contributed by atoms with E-state index in [1.54, 1.807) is 32.7 Å². The highest BCUT2D eigenvalue weighted by molar-refractivity contribution is 6.00. The smallest absolute Gasteiger partial charge is 0.408 e. The van der Waals surface area contributed by atoms with Crippen LogP contribution >= 0.6 is 0 Å². The van der Waals surface area contributed by atoms with Crippen LogP contribution in [-0.2, 0) is 45.3 Å². The minimum Gasteiger partial charge on any atom is -0.444 e. The Morgan fingerprint density at radius 1 is 0.800 bits per heavy atom. The first-order valence-corrected chi connectivity index (χ1v) is 26.0. The van der Waals surface area contributed by atoms with E-state index in [0.717, 1.165) is 29.9 Å². The van der Waals surface area contributed by atoms with Crippen molar-refractivity contribution in [2.75, 3.05) is 50.7 Å². The molecule has 4 aliphatic rings. The number of primary amides is 1. The molecule has 4 aromatic rings. The first-order chi connectivity index (χ1) is 35.8. The zero-order valence-electron chi connectivity index (χ0n) is 43.1. The second-order valence-corrected chi connectivity index (χ2v) is 20.9. The molecule has 0 saturated carbocycles. The number of aryl methyl sites for hydroxylation is 1. The molecule has 5 atom stereocenters. The van der Waals surface area contributed by atoms with E-state index in [1.807, 2.05) is 78.9 Å². The lowest BCUT2D eigenvalue weighted by Crippen LogP contribution is -2.62. The average molecular weight is 1030 g/mol. The van der Waals surface area contributed by atoms with Crippen molar-refractivity contribution in [2.24, 2.45) is 12.8 Å². The Kier molecular flexibility index (Phi) is 16.7. The van der Waals surface area contributed by atoms with Gasteiger partial charge in [-0.15, -0.1) is 0 Å². The average Bonchev–Trinajstić information content (AvgIpc) is 3.91. The van der Waals surface area contributed by atoms with Gasteiger partial charge < -0.3 is 41.1 Å². The van der Waals surface area contributed by atoms with Gasteiger partial charge in [-0.05, 0) is 95.2 Å². The number of imide groups is 1. The fraction of sp³-hybridized carbons (Fsp3) is 0.500. The normalized spacial score (nSPS) is 21.0. The van der Waals surface area contributed by atoms with E-state index in [2.05, 4.69) is 31.1 Å². The predicted octanol–water partition coefficient (Wildman–Crippen LogP) is 2.36. The van der Waals surface area contributed by atoms with Gasteiger partial charge in [0.1, 0.15) is 29.8 Å². The van der Waals surface area contributed by atoms with E-state index in [1.165, 1.54) is 14.0 Å². The monoisotopic (exact) mass is 1030 g/mol. The zero-order valence-corrected chi connectivity index (χ0v) is 43.1. The molecule has 0 bridgehead atoms. The summed E-state index contributed by atoms with van der Waals surface area (Å²) in [6.07, 6.45) is 1.11. The van der Waals surface area contributed by atoms with Crippen LogP contribution in [0.5, 0.6) is 0 Å². The van der Waals surface area contributed by atoms with Gasteiger partial charge in [0.05, 0.1) is 23.6 Å².